The van der Waals surface area contributed by atoms with Crippen molar-refractivity contribution in [3.63, 3.8) is 0 Å². The molecule has 0 aliphatic rings. The van der Waals surface area contributed by atoms with E-state index < -0.39 is 0 Å². The maximum Gasteiger partial charge on any atom is 0.159 e. The highest BCUT2D eigenvalue weighted by Crippen LogP contribution is 2.23. The van der Waals surface area contributed by atoms with Gasteiger partial charge in [0.1, 0.15) is 0 Å². The first-order valence-electron chi connectivity index (χ1n) is 5.56. The van der Waals surface area contributed by atoms with Crippen LogP contribution in [0.5, 0.6) is 0 Å². The van der Waals surface area contributed by atoms with Crippen molar-refractivity contribution >= 4 is 15.9 Å². The third-order valence-corrected chi connectivity index (χ3v) is 3.06. The first kappa shape index (κ1) is 12.2. The fourth-order valence-electron chi connectivity index (χ4n) is 1.51. The summed E-state index contributed by atoms with van der Waals surface area (Å²) < 4.78 is 1.06. The summed E-state index contributed by atoms with van der Waals surface area (Å²) >= 11 is 3.42. The van der Waals surface area contributed by atoms with Crippen LogP contribution in [0.15, 0.2) is 41.0 Å². The average Bonchev–Trinajstić information content (AvgIpc) is 2.29. The number of halogens is 1. The van der Waals surface area contributed by atoms with Gasteiger partial charge in [-0.2, -0.15) is 0 Å². The van der Waals surface area contributed by atoms with Gasteiger partial charge in [0.2, 0.25) is 0 Å². The van der Waals surface area contributed by atoms with Crippen molar-refractivity contribution in [1.29, 1.82) is 0 Å². The Labute approximate surface area is 110 Å². The standard InChI is InChI=1S/C14H15BrN2/c1-14(2,3)12-8-9-16-13(17-12)10-4-6-11(15)7-5-10/h4-9H,1-3H3. The molecule has 0 N–H and O–H groups in total. The van der Waals surface area contributed by atoms with Crippen molar-refractivity contribution in [2.45, 2.75) is 26.2 Å². The number of hydrogen-bond acceptors (Lipinski definition) is 2. The summed E-state index contributed by atoms with van der Waals surface area (Å²) in [4.78, 5) is 8.94. The molecule has 0 saturated carbocycles. The van der Waals surface area contributed by atoms with Gasteiger partial charge in [0, 0.05) is 27.3 Å². The van der Waals surface area contributed by atoms with Gasteiger partial charge in [-0.25, -0.2) is 9.97 Å². The van der Waals surface area contributed by atoms with E-state index in [4.69, 9.17) is 0 Å². The largest absolute Gasteiger partial charge is 0.237 e. The van der Waals surface area contributed by atoms with E-state index in [1.165, 1.54) is 0 Å². The van der Waals surface area contributed by atoms with Crippen LogP contribution in [-0.4, -0.2) is 9.97 Å². The minimum absolute atomic E-state index is 0.0487. The highest BCUT2D eigenvalue weighted by atomic mass is 79.9. The van der Waals surface area contributed by atoms with E-state index in [-0.39, 0.29) is 5.41 Å². The number of benzene rings is 1. The molecule has 3 heteroatoms. The van der Waals surface area contributed by atoms with Crippen LogP contribution in [-0.2, 0) is 5.41 Å². The molecule has 0 amide bonds. The van der Waals surface area contributed by atoms with E-state index in [9.17, 15) is 0 Å². The highest BCUT2D eigenvalue weighted by Gasteiger charge is 2.16. The number of aromatic nitrogens is 2. The van der Waals surface area contributed by atoms with Crippen molar-refractivity contribution in [3.8, 4) is 11.4 Å². The maximum atomic E-state index is 4.62. The minimum Gasteiger partial charge on any atom is -0.237 e. The molecule has 0 radical (unpaired) electrons. The molecule has 1 heterocycles. The molecular formula is C14H15BrN2. The van der Waals surface area contributed by atoms with Crippen molar-refractivity contribution < 1.29 is 0 Å². The first-order chi connectivity index (χ1) is 7.97. The normalized spacial score (nSPS) is 11.5. The first-order valence-corrected chi connectivity index (χ1v) is 6.35. The topological polar surface area (TPSA) is 25.8 Å². The third kappa shape index (κ3) is 2.91. The molecule has 1 aromatic heterocycles. The number of hydrogen-bond donors (Lipinski definition) is 0. The van der Waals surface area contributed by atoms with E-state index in [0.29, 0.717) is 0 Å². The van der Waals surface area contributed by atoms with Gasteiger partial charge in [-0.3, -0.25) is 0 Å². The SMILES string of the molecule is CC(C)(C)c1ccnc(-c2ccc(Br)cc2)n1. The lowest BCUT2D eigenvalue weighted by atomic mass is 9.92. The third-order valence-electron chi connectivity index (χ3n) is 2.53. The molecule has 17 heavy (non-hydrogen) atoms. The molecule has 0 spiro atoms. The van der Waals surface area contributed by atoms with Crippen LogP contribution in [0.1, 0.15) is 26.5 Å². The summed E-state index contributed by atoms with van der Waals surface area (Å²) in [5, 5.41) is 0. The zero-order chi connectivity index (χ0) is 12.5. The van der Waals surface area contributed by atoms with Crippen LogP contribution in [0.3, 0.4) is 0 Å². The van der Waals surface area contributed by atoms with Crippen LogP contribution in [0, 0.1) is 0 Å². The number of nitrogens with zero attached hydrogens (tertiary/aromatic N) is 2. The Hall–Kier alpha value is -1.22. The molecule has 0 fully saturated rings. The second-order valence-electron chi connectivity index (χ2n) is 5.02. The van der Waals surface area contributed by atoms with Crippen molar-refractivity contribution in [3.05, 3.63) is 46.7 Å². The lowest BCUT2D eigenvalue weighted by molar-refractivity contribution is 0.568. The predicted molar refractivity (Wildman–Crippen MR) is 73.9 cm³/mol. The molecule has 2 nitrogen and oxygen atoms in total. The molecule has 0 atom stereocenters. The minimum atomic E-state index is 0.0487. The monoisotopic (exact) mass is 290 g/mol. The van der Waals surface area contributed by atoms with Gasteiger partial charge in [0.05, 0.1) is 0 Å². The van der Waals surface area contributed by atoms with Gasteiger partial charge in [-0.15, -0.1) is 0 Å². The van der Waals surface area contributed by atoms with Crippen LogP contribution in [0.4, 0.5) is 0 Å². The maximum absolute atomic E-state index is 4.62. The molecule has 0 aliphatic heterocycles. The zero-order valence-electron chi connectivity index (χ0n) is 10.2. The summed E-state index contributed by atoms with van der Waals surface area (Å²) in [6, 6.07) is 10.0. The quantitative estimate of drug-likeness (QED) is 0.786. The molecular weight excluding hydrogens is 276 g/mol. The van der Waals surface area contributed by atoms with Crippen LogP contribution >= 0.6 is 15.9 Å². The fraction of sp³-hybridized carbons (Fsp3) is 0.286. The Morgan fingerprint density at radius 1 is 1.00 bits per heavy atom. The molecule has 2 aromatic rings. The van der Waals surface area contributed by atoms with E-state index in [0.717, 1.165) is 21.6 Å². The Morgan fingerprint density at radius 3 is 2.24 bits per heavy atom. The van der Waals surface area contributed by atoms with E-state index in [1.54, 1.807) is 0 Å². The summed E-state index contributed by atoms with van der Waals surface area (Å²) in [6.07, 6.45) is 1.82. The zero-order valence-corrected chi connectivity index (χ0v) is 11.8. The Balaban J connectivity index is 2.43. The smallest absolute Gasteiger partial charge is 0.159 e. The van der Waals surface area contributed by atoms with Crippen molar-refractivity contribution in [2.75, 3.05) is 0 Å². The van der Waals surface area contributed by atoms with Gasteiger partial charge < -0.3 is 0 Å². The molecule has 2 rings (SSSR count). The second-order valence-corrected chi connectivity index (χ2v) is 5.94. The molecule has 1 aromatic carbocycles. The van der Waals surface area contributed by atoms with Gasteiger partial charge in [0.25, 0.3) is 0 Å². The van der Waals surface area contributed by atoms with Gasteiger partial charge in [0.15, 0.2) is 5.82 Å². The summed E-state index contributed by atoms with van der Waals surface area (Å²) in [6.45, 7) is 6.46. The molecule has 0 saturated heterocycles. The molecule has 0 aliphatic carbocycles. The van der Waals surface area contributed by atoms with Crippen LogP contribution < -0.4 is 0 Å². The van der Waals surface area contributed by atoms with Gasteiger partial charge in [-0.05, 0) is 18.2 Å². The summed E-state index contributed by atoms with van der Waals surface area (Å²) in [5.41, 5.74) is 2.15. The van der Waals surface area contributed by atoms with Gasteiger partial charge >= 0.3 is 0 Å². The van der Waals surface area contributed by atoms with Crippen LogP contribution in [0.25, 0.3) is 11.4 Å². The Bertz CT molecular complexity index is 512. The second kappa shape index (κ2) is 4.57. The average molecular weight is 291 g/mol. The molecule has 88 valence electrons. The summed E-state index contributed by atoms with van der Waals surface area (Å²) in [7, 11) is 0. The van der Waals surface area contributed by atoms with E-state index >= 15 is 0 Å². The Morgan fingerprint density at radius 2 is 1.65 bits per heavy atom. The van der Waals surface area contributed by atoms with Crippen molar-refractivity contribution in [1.82, 2.24) is 9.97 Å². The van der Waals surface area contributed by atoms with Crippen molar-refractivity contribution in [2.24, 2.45) is 0 Å². The lowest BCUT2D eigenvalue weighted by Crippen LogP contribution is -2.14. The van der Waals surface area contributed by atoms with E-state index in [1.807, 2.05) is 36.5 Å². The molecule has 0 bridgehead atoms. The summed E-state index contributed by atoms with van der Waals surface area (Å²) in [5.74, 6) is 0.782. The lowest BCUT2D eigenvalue weighted by Gasteiger charge is -2.17. The molecule has 0 unspecified atom stereocenters. The highest BCUT2D eigenvalue weighted by molar-refractivity contribution is 9.10. The number of rotatable bonds is 1. The predicted octanol–water partition coefficient (Wildman–Crippen LogP) is 4.20. The fourth-order valence-corrected chi connectivity index (χ4v) is 1.78. The van der Waals surface area contributed by atoms with Crippen LogP contribution in [0.2, 0.25) is 0 Å². The Kier molecular flexibility index (Phi) is 3.29. The van der Waals surface area contributed by atoms with Gasteiger partial charge in [-0.1, -0.05) is 48.8 Å². The van der Waals surface area contributed by atoms with E-state index in [2.05, 4.69) is 46.7 Å².